The minimum atomic E-state index is -0.968. The lowest BCUT2D eigenvalue weighted by Crippen LogP contribution is -2.20. The van der Waals surface area contributed by atoms with E-state index in [-0.39, 0.29) is 18.0 Å². The van der Waals surface area contributed by atoms with Gasteiger partial charge in [-0.3, -0.25) is 14.2 Å². The summed E-state index contributed by atoms with van der Waals surface area (Å²) in [4.78, 5) is 36.3. The molecule has 0 fully saturated rings. The molecule has 0 aliphatic heterocycles. The third-order valence-corrected chi connectivity index (χ3v) is 4.77. The number of aromatic nitrogens is 5. The predicted octanol–water partition coefficient (Wildman–Crippen LogP) is 2.17. The van der Waals surface area contributed by atoms with E-state index in [1.54, 1.807) is 12.4 Å². The van der Waals surface area contributed by atoms with Crippen molar-refractivity contribution in [2.24, 2.45) is 7.05 Å². The molecule has 0 saturated carbocycles. The van der Waals surface area contributed by atoms with Crippen molar-refractivity contribution in [3.63, 3.8) is 0 Å². The van der Waals surface area contributed by atoms with Crippen LogP contribution in [0.2, 0.25) is 0 Å². The molecule has 0 aliphatic carbocycles. The van der Waals surface area contributed by atoms with Gasteiger partial charge in [0.05, 0.1) is 18.2 Å². The second-order valence-corrected chi connectivity index (χ2v) is 6.75. The number of aryl methyl sites for hydroxylation is 1. The Morgan fingerprint density at radius 3 is 2.82 bits per heavy atom. The van der Waals surface area contributed by atoms with Crippen LogP contribution in [0.5, 0.6) is 0 Å². The van der Waals surface area contributed by atoms with Crippen LogP contribution < -0.4 is 10.9 Å². The number of imidazole rings is 1. The number of carbonyl (C=O) groups is 1. The molecule has 0 bridgehead atoms. The Labute approximate surface area is 160 Å². The molecule has 1 aromatic carbocycles. The summed E-state index contributed by atoms with van der Waals surface area (Å²) in [7, 11) is 1.57. The van der Waals surface area contributed by atoms with Crippen LogP contribution in [0.4, 0.5) is 13.9 Å². The van der Waals surface area contributed by atoms with Crippen LogP contribution in [-0.4, -0.2) is 30.0 Å². The van der Waals surface area contributed by atoms with Crippen LogP contribution in [0.25, 0.3) is 22.6 Å². The average molecular weight is 402 g/mol. The first-order valence-corrected chi connectivity index (χ1v) is 8.88. The fraction of sp³-hybridized carbons (Fsp3) is 0.118. The van der Waals surface area contributed by atoms with Gasteiger partial charge in [-0.05, 0) is 18.2 Å². The Kier molecular flexibility index (Phi) is 4.43. The normalized spacial score (nSPS) is 11.1. The van der Waals surface area contributed by atoms with Gasteiger partial charge in [0.1, 0.15) is 6.54 Å². The van der Waals surface area contributed by atoms with Crippen molar-refractivity contribution in [1.82, 2.24) is 24.1 Å². The first kappa shape index (κ1) is 17.9. The first-order valence-electron chi connectivity index (χ1n) is 8.00. The average Bonchev–Trinajstić information content (AvgIpc) is 3.28. The molecule has 28 heavy (non-hydrogen) atoms. The molecule has 0 atom stereocenters. The van der Waals surface area contributed by atoms with Crippen molar-refractivity contribution in [1.29, 1.82) is 0 Å². The number of carbonyl (C=O) groups excluding carboxylic acids is 1. The first-order chi connectivity index (χ1) is 13.4. The smallest absolute Gasteiger partial charge is 0.270 e. The molecule has 0 unspecified atom stereocenters. The maximum absolute atomic E-state index is 13.4. The number of fused-ring (bicyclic) bond motifs is 1. The monoisotopic (exact) mass is 402 g/mol. The molecule has 0 saturated heterocycles. The standard InChI is InChI=1S/C17H12F2N6O2S/c1-24-14(27)5-20-16-15(24)21-8-25(16)6-13(26)23-17-22-12(7-28-17)9-2-3-10(18)11(19)4-9/h2-5,7-8H,6H2,1H3,(H,22,23,26). The zero-order valence-electron chi connectivity index (χ0n) is 14.4. The zero-order valence-corrected chi connectivity index (χ0v) is 15.2. The van der Waals surface area contributed by atoms with Gasteiger partial charge in [0, 0.05) is 18.0 Å². The molecule has 4 aromatic rings. The van der Waals surface area contributed by atoms with E-state index in [0.29, 0.717) is 27.7 Å². The summed E-state index contributed by atoms with van der Waals surface area (Å²) in [5, 5.41) is 4.59. The zero-order chi connectivity index (χ0) is 19.8. The van der Waals surface area contributed by atoms with Crippen molar-refractivity contribution in [3.8, 4) is 11.3 Å². The summed E-state index contributed by atoms with van der Waals surface area (Å²) >= 11 is 1.16. The van der Waals surface area contributed by atoms with E-state index < -0.39 is 11.6 Å². The Hall–Kier alpha value is -3.47. The van der Waals surface area contributed by atoms with Gasteiger partial charge in [-0.2, -0.15) is 0 Å². The fourth-order valence-corrected chi connectivity index (χ4v) is 3.33. The van der Waals surface area contributed by atoms with Gasteiger partial charge in [-0.15, -0.1) is 11.3 Å². The number of thiazole rings is 1. The maximum Gasteiger partial charge on any atom is 0.270 e. The number of hydrogen-bond acceptors (Lipinski definition) is 6. The quantitative estimate of drug-likeness (QED) is 0.565. The third-order valence-electron chi connectivity index (χ3n) is 4.02. The van der Waals surface area contributed by atoms with Crippen molar-refractivity contribution < 1.29 is 13.6 Å². The number of rotatable bonds is 4. The van der Waals surface area contributed by atoms with Crippen molar-refractivity contribution in [2.75, 3.05) is 5.32 Å². The molecule has 4 rings (SSSR count). The molecular weight excluding hydrogens is 390 g/mol. The molecule has 3 aromatic heterocycles. The topological polar surface area (TPSA) is 94.7 Å². The van der Waals surface area contributed by atoms with E-state index >= 15 is 0 Å². The van der Waals surface area contributed by atoms with E-state index in [0.717, 1.165) is 29.7 Å². The lowest BCUT2D eigenvalue weighted by Gasteiger charge is -2.04. The van der Waals surface area contributed by atoms with Gasteiger partial charge in [0.2, 0.25) is 5.91 Å². The number of nitrogens with zero attached hydrogens (tertiary/aromatic N) is 5. The van der Waals surface area contributed by atoms with Gasteiger partial charge in [-0.25, -0.2) is 23.7 Å². The highest BCUT2D eigenvalue weighted by atomic mass is 32.1. The van der Waals surface area contributed by atoms with Crippen LogP contribution in [-0.2, 0) is 18.4 Å². The Balaban J connectivity index is 1.50. The lowest BCUT2D eigenvalue weighted by atomic mass is 10.2. The van der Waals surface area contributed by atoms with Crippen LogP contribution in [0, 0.1) is 11.6 Å². The molecule has 3 heterocycles. The van der Waals surface area contributed by atoms with E-state index in [1.165, 1.54) is 21.5 Å². The number of hydrogen-bond donors (Lipinski definition) is 1. The van der Waals surface area contributed by atoms with Gasteiger partial charge in [-0.1, -0.05) is 0 Å². The van der Waals surface area contributed by atoms with Crippen LogP contribution in [0.15, 0.2) is 40.9 Å². The Morgan fingerprint density at radius 2 is 2.04 bits per heavy atom. The SMILES string of the molecule is Cn1c(=O)cnc2c1ncn2CC(=O)Nc1nc(-c2ccc(F)c(F)c2)cs1. The van der Waals surface area contributed by atoms with Crippen LogP contribution in [0.3, 0.4) is 0 Å². The van der Waals surface area contributed by atoms with E-state index in [9.17, 15) is 18.4 Å². The number of halogens is 2. The molecule has 8 nitrogen and oxygen atoms in total. The van der Waals surface area contributed by atoms with E-state index in [1.807, 2.05) is 0 Å². The molecule has 142 valence electrons. The molecule has 0 radical (unpaired) electrons. The van der Waals surface area contributed by atoms with Gasteiger partial charge in [0.25, 0.3) is 5.56 Å². The summed E-state index contributed by atoms with van der Waals surface area (Å²) in [6.45, 7) is -0.0816. The van der Waals surface area contributed by atoms with E-state index in [2.05, 4.69) is 20.3 Å². The minimum Gasteiger partial charge on any atom is -0.304 e. The van der Waals surface area contributed by atoms with Crippen molar-refractivity contribution in [2.45, 2.75) is 6.54 Å². The van der Waals surface area contributed by atoms with Crippen molar-refractivity contribution in [3.05, 3.63) is 58.1 Å². The van der Waals surface area contributed by atoms with Crippen LogP contribution in [0.1, 0.15) is 0 Å². The largest absolute Gasteiger partial charge is 0.304 e. The second kappa shape index (κ2) is 6.93. The molecule has 11 heteroatoms. The molecule has 0 aliphatic rings. The number of benzene rings is 1. The highest BCUT2D eigenvalue weighted by Gasteiger charge is 2.13. The second-order valence-electron chi connectivity index (χ2n) is 5.89. The minimum absolute atomic E-state index is 0.0816. The predicted molar refractivity (Wildman–Crippen MR) is 98.9 cm³/mol. The molecule has 0 spiro atoms. The fourth-order valence-electron chi connectivity index (χ4n) is 2.59. The summed E-state index contributed by atoms with van der Waals surface area (Å²) in [5.41, 5.74) is 1.30. The third kappa shape index (κ3) is 3.27. The highest BCUT2D eigenvalue weighted by Crippen LogP contribution is 2.26. The molecule has 1 amide bonds. The Morgan fingerprint density at radius 1 is 1.21 bits per heavy atom. The molecule has 1 N–H and O–H groups in total. The van der Waals surface area contributed by atoms with Gasteiger partial charge < -0.3 is 9.88 Å². The van der Waals surface area contributed by atoms with Crippen molar-refractivity contribution >= 4 is 33.7 Å². The Bertz CT molecular complexity index is 1260. The summed E-state index contributed by atoms with van der Waals surface area (Å²) in [6, 6.07) is 3.48. The molecular formula is C17H12F2N6O2S. The number of amides is 1. The summed E-state index contributed by atoms with van der Waals surface area (Å²) < 4.78 is 29.3. The van der Waals surface area contributed by atoms with E-state index in [4.69, 9.17) is 0 Å². The van der Waals surface area contributed by atoms with Gasteiger partial charge >= 0.3 is 0 Å². The summed E-state index contributed by atoms with van der Waals surface area (Å²) in [5.74, 6) is -2.28. The highest BCUT2D eigenvalue weighted by molar-refractivity contribution is 7.14. The lowest BCUT2D eigenvalue weighted by molar-refractivity contribution is -0.116. The van der Waals surface area contributed by atoms with Crippen LogP contribution >= 0.6 is 11.3 Å². The number of nitrogens with one attached hydrogen (secondary N) is 1. The number of anilines is 1. The maximum atomic E-state index is 13.4. The van der Waals surface area contributed by atoms with Gasteiger partial charge in [0.15, 0.2) is 28.1 Å². The summed E-state index contributed by atoms with van der Waals surface area (Å²) in [6.07, 6.45) is 2.58.